The molecule has 3 N–H and O–H groups in total. The number of hydrogen-bond donors (Lipinski definition) is 2. The zero-order chi connectivity index (χ0) is 11.5. The van der Waals surface area contributed by atoms with E-state index < -0.39 is 0 Å². The molecule has 1 aromatic carbocycles. The van der Waals surface area contributed by atoms with E-state index in [1.165, 1.54) is 12.1 Å². The van der Waals surface area contributed by atoms with Crippen LogP contribution < -0.4 is 5.73 Å². The van der Waals surface area contributed by atoms with Crippen LogP contribution in [0.15, 0.2) is 18.2 Å². The van der Waals surface area contributed by atoms with E-state index in [1.54, 1.807) is 6.07 Å². The maximum absolute atomic E-state index is 12.8. The zero-order valence-corrected chi connectivity index (χ0v) is 9.13. The summed E-state index contributed by atoms with van der Waals surface area (Å²) in [5.74, 6) is 0.858. The van der Waals surface area contributed by atoms with Gasteiger partial charge < -0.3 is 5.73 Å². The third-order valence-corrected chi connectivity index (χ3v) is 2.49. The number of benzene rings is 1. The average Bonchev–Trinajstić information content (AvgIpc) is 2.70. The Morgan fingerprint density at radius 3 is 2.88 bits per heavy atom. The number of nitrogens with zero attached hydrogens (tertiary/aromatic N) is 2. The molecule has 16 heavy (non-hydrogen) atoms. The molecular formula is C10H10ClFN4. The van der Waals surface area contributed by atoms with Crippen molar-refractivity contribution in [2.24, 2.45) is 5.73 Å². The van der Waals surface area contributed by atoms with Crippen molar-refractivity contribution < 1.29 is 4.39 Å². The third-order valence-electron chi connectivity index (χ3n) is 2.13. The van der Waals surface area contributed by atoms with Crippen molar-refractivity contribution >= 4 is 11.6 Å². The highest BCUT2D eigenvalue weighted by molar-refractivity contribution is 6.31. The number of halogens is 2. The molecule has 0 spiro atoms. The van der Waals surface area contributed by atoms with E-state index in [1.807, 2.05) is 0 Å². The van der Waals surface area contributed by atoms with Crippen molar-refractivity contribution in [1.82, 2.24) is 15.2 Å². The molecule has 0 saturated heterocycles. The van der Waals surface area contributed by atoms with Gasteiger partial charge in [-0.1, -0.05) is 17.7 Å². The Hall–Kier alpha value is -1.46. The van der Waals surface area contributed by atoms with Crippen molar-refractivity contribution in [2.75, 3.05) is 0 Å². The Balaban J connectivity index is 2.20. The fourth-order valence-electron chi connectivity index (χ4n) is 1.35. The van der Waals surface area contributed by atoms with Crippen molar-refractivity contribution in [1.29, 1.82) is 0 Å². The third kappa shape index (κ3) is 2.37. The predicted molar refractivity (Wildman–Crippen MR) is 58.5 cm³/mol. The van der Waals surface area contributed by atoms with Crippen LogP contribution in [0.3, 0.4) is 0 Å². The first-order valence-corrected chi connectivity index (χ1v) is 5.11. The number of rotatable bonds is 3. The van der Waals surface area contributed by atoms with Crippen molar-refractivity contribution in [3.8, 4) is 0 Å². The minimum atomic E-state index is -0.353. The predicted octanol–water partition coefficient (Wildman–Crippen LogP) is 1.65. The topological polar surface area (TPSA) is 67.6 Å². The second-order valence-electron chi connectivity index (χ2n) is 3.31. The summed E-state index contributed by atoms with van der Waals surface area (Å²) in [7, 11) is 0. The lowest BCUT2D eigenvalue weighted by molar-refractivity contribution is 0.627. The average molecular weight is 241 g/mol. The Labute approximate surface area is 96.6 Å². The van der Waals surface area contributed by atoms with Gasteiger partial charge in [0.05, 0.1) is 6.54 Å². The highest BCUT2D eigenvalue weighted by Crippen LogP contribution is 2.19. The molecule has 0 atom stereocenters. The van der Waals surface area contributed by atoms with Gasteiger partial charge in [-0.25, -0.2) is 9.37 Å². The number of nitrogens with two attached hydrogens (primary N) is 1. The summed E-state index contributed by atoms with van der Waals surface area (Å²) in [5.41, 5.74) is 6.18. The largest absolute Gasteiger partial charge is 0.324 e. The van der Waals surface area contributed by atoms with Gasteiger partial charge in [0, 0.05) is 11.4 Å². The summed E-state index contributed by atoms with van der Waals surface area (Å²) < 4.78 is 12.8. The van der Waals surface area contributed by atoms with Gasteiger partial charge in [-0.2, -0.15) is 5.10 Å². The molecule has 1 heterocycles. The lowest BCUT2D eigenvalue weighted by Crippen LogP contribution is -1.98. The van der Waals surface area contributed by atoms with Crippen LogP contribution in [-0.2, 0) is 13.0 Å². The van der Waals surface area contributed by atoms with Crippen LogP contribution in [0.2, 0.25) is 5.02 Å². The van der Waals surface area contributed by atoms with E-state index in [0.29, 0.717) is 23.1 Å². The Morgan fingerprint density at radius 2 is 2.25 bits per heavy atom. The number of aromatic nitrogens is 3. The minimum Gasteiger partial charge on any atom is -0.324 e. The van der Waals surface area contributed by atoms with Crippen molar-refractivity contribution in [2.45, 2.75) is 13.0 Å². The molecule has 0 bridgehead atoms. The van der Waals surface area contributed by atoms with Crippen LogP contribution in [0, 0.1) is 5.82 Å². The molecule has 4 nitrogen and oxygen atoms in total. The van der Waals surface area contributed by atoms with Gasteiger partial charge >= 0.3 is 0 Å². The van der Waals surface area contributed by atoms with Crippen molar-refractivity contribution in [3.05, 3.63) is 46.3 Å². The first-order chi connectivity index (χ1) is 7.69. The van der Waals surface area contributed by atoms with E-state index >= 15 is 0 Å². The van der Waals surface area contributed by atoms with Gasteiger partial charge in [0.2, 0.25) is 0 Å². The number of nitrogens with one attached hydrogen (secondary N) is 1. The number of H-pyrrole nitrogens is 1. The molecule has 2 rings (SSSR count). The Morgan fingerprint density at radius 1 is 1.44 bits per heavy atom. The SMILES string of the molecule is NCc1n[nH]c(Cc2ccc(F)cc2Cl)n1. The first-order valence-electron chi connectivity index (χ1n) is 4.73. The number of hydrogen-bond acceptors (Lipinski definition) is 3. The molecule has 0 saturated carbocycles. The molecule has 0 radical (unpaired) electrons. The molecule has 0 fully saturated rings. The summed E-state index contributed by atoms with van der Waals surface area (Å²) in [4.78, 5) is 4.14. The van der Waals surface area contributed by atoms with Crippen LogP contribution >= 0.6 is 11.6 Å². The smallest absolute Gasteiger partial charge is 0.164 e. The fraction of sp³-hybridized carbons (Fsp3) is 0.200. The molecule has 0 unspecified atom stereocenters. The molecule has 0 aliphatic heterocycles. The van der Waals surface area contributed by atoms with Crippen molar-refractivity contribution in [3.63, 3.8) is 0 Å². The molecule has 0 aliphatic carbocycles. The number of aromatic amines is 1. The monoisotopic (exact) mass is 240 g/mol. The van der Waals surface area contributed by atoms with Crippen LogP contribution in [0.5, 0.6) is 0 Å². The lowest BCUT2D eigenvalue weighted by atomic mass is 10.1. The maximum atomic E-state index is 12.8. The lowest BCUT2D eigenvalue weighted by Gasteiger charge is -2.01. The summed E-state index contributed by atoms with van der Waals surface area (Å²) in [6.07, 6.45) is 0.478. The van der Waals surface area contributed by atoms with Crippen LogP contribution in [0.4, 0.5) is 4.39 Å². The van der Waals surface area contributed by atoms with Gasteiger partial charge in [-0.3, -0.25) is 5.10 Å². The molecule has 2 aromatic rings. The highest BCUT2D eigenvalue weighted by Gasteiger charge is 2.06. The van der Waals surface area contributed by atoms with E-state index in [9.17, 15) is 4.39 Å². The first kappa shape index (κ1) is 11.0. The molecule has 0 amide bonds. The van der Waals surface area contributed by atoms with Crippen LogP contribution in [-0.4, -0.2) is 15.2 Å². The summed E-state index contributed by atoms with van der Waals surface area (Å²) >= 11 is 5.89. The second-order valence-corrected chi connectivity index (χ2v) is 3.72. The van der Waals surface area contributed by atoms with E-state index in [-0.39, 0.29) is 12.4 Å². The summed E-state index contributed by atoms with van der Waals surface area (Å²) in [6.45, 7) is 0.285. The van der Waals surface area contributed by atoms with Gasteiger partial charge in [0.25, 0.3) is 0 Å². The van der Waals surface area contributed by atoms with Crippen LogP contribution in [0.25, 0.3) is 0 Å². The quantitative estimate of drug-likeness (QED) is 0.857. The van der Waals surface area contributed by atoms with Gasteiger partial charge in [0.15, 0.2) is 5.82 Å². The van der Waals surface area contributed by atoms with Crippen LogP contribution in [0.1, 0.15) is 17.2 Å². The van der Waals surface area contributed by atoms with E-state index in [0.717, 1.165) is 5.56 Å². The molecule has 84 valence electrons. The summed E-state index contributed by atoms with van der Waals surface area (Å²) in [6, 6.07) is 4.26. The molecular weight excluding hydrogens is 231 g/mol. The van der Waals surface area contributed by atoms with Gasteiger partial charge in [-0.05, 0) is 17.7 Å². The fourth-order valence-corrected chi connectivity index (χ4v) is 1.58. The standard InChI is InChI=1S/C10H10ClFN4/c11-8-4-7(12)2-1-6(8)3-9-14-10(5-13)16-15-9/h1-2,4H,3,5,13H2,(H,14,15,16). The Bertz CT molecular complexity index is 497. The highest BCUT2D eigenvalue weighted by atomic mass is 35.5. The van der Waals surface area contributed by atoms with E-state index in [4.69, 9.17) is 17.3 Å². The van der Waals surface area contributed by atoms with Gasteiger partial charge in [-0.15, -0.1) is 0 Å². The maximum Gasteiger partial charge on any atom is 0.164 e. The van der Waals surface area contributed by atoms with E-state index in [2.05, 4.69) is 15.2 Å². The molecule has 0 aliphatic rings. The minimum absolute atomic E-state index is 0.285. The molecule has 6 heteroatoms. The zero-order valence-electron chi connectivity index (χ0n) is 8.37. The second kappa shape index (κ2) is 4.59. The van der Waals surface area contributed by atoms with Gasteiger partial charge in [0.1, 0.15) is 11.6 Å². The normalized spacial score (nSPS) is 10.7. The Kier molecular flexibility index (Phi) is 3.17. The summed E-state index contributed by atoms with van der Waals surface area (Å²) in [5, 5.41) is 7.03. The molecule has 1 aromatic heterocycles.